The van der Waals surface area contributed by atoms with E-state index >= 15 is 0 Å². The van der Waals surface area contributed by atoms with Gasteiger partial charge < -0.3 is 20.1 Å². The van der Waals surface area contributed by atoms with Crippen molar-refractivity contribution in [3.8, 4) is 11.1 Å². The van der Waals surface area contributed by atoms with Gasteiger partial charge in [-0.2, -0.15) is 5.10 Å². The summed E-state index contributed by atoms with van der Waals surface area (Å²) in [4.78, 5) is 20.7. The van der Waals surface area contributed by atoms with Crippen LogP contribution in [0, 0.1) is 0 Å². The first-order valence-corrected chi connectivity index (χ1v) is 15.7. The van der Waals surface area contributed by atoms with Gasteiger partial charge in [-0.1, -0.05) is 24.3 Å². The quantitative estimate of drug-likeness (QED) is 0.155. The van der Waals surface area contributed by atoms with Gasteiger partial charge in [0.05, 0.1) is 29.0 Å². The molecule has 0 bridgehead atoms. The molecule has 0 radical (unpaired) electrons. The Morgan fingerprint density at radius 2 is 1.93 bits per heavy atom. The highest BCUT2D eigenvalue weighted by Crippen LogP contribution is 2.55. The minimum absolute atomic E-state index is 0.348. The summed E-state index contributed by atoms with van der Waals surface area (Å²) in [5, 5.41) is 31.1. The standard InChI is InChI=1S/C29H28BBrN6O4S/c1-35-20-9-8-17(14-18(20)15-34-35)22-23-24-21(36(29(30,39)40)27(38)28(24)10-5-12-32-13-11-28)16-33-26(23)37(25(22)31)42(41)19-6-3-2-4-7-19/h2-4,6-9,14-16,32,39-40H,5,10-13,30H2,1H3. The molecule has 42 heavy (non-hydrogen) atoms. The van der Waals surface area contributed by atoms with Crippen LogP contribution in [0.15, 0.2) is 70.4 Å². The first-order chi connectivity index (χ1) is 20.1. The largest absolute Gasteiger partial charge is 0.587 e. The molecule has 0 aliphatic carbocycles. The van der Waals surface area contributed by atoms with E-state index in [4.69, 9.17) is 4.98 Å². The van der Waals surface area contributed by atoms with Gasteiger partial charge in [-0.15, -0.1) is 3.97 Å². The summed E-state index contributed by atoms with van der Waals surface area (Å²) in [6.07, 6.45) is 5.01. The Morgan fingerprint density at radius 3 is 2.69 bits per heavy atom. The van der Waals surface area contributed by atoms with Crippen molar-refractivity contribution in [3.05, 3.63) is 71.1 Å². The van der Waals surface area contributed by atoms with Crippen LogP contribution in [0.3, 0.4) is 0 Å². The predicted molar refractivity (Wildman–Crippen MR) is 167 cm³/mol. The number of fused-ring (bicyclic) bond motifs is 5. The van der Waals surface area contributed by atoms with Crippen molar-refractivity contribution in [2.24, 2.45) is 7.05 Å². The number of aryl methyl sites for hydroxylation is 1. The molecule has 1 fully saturated rings. The van der Waals surface area contributed by atoms with E-state index in [2.05, 4.69) is 26.3 Å². The number of rotatable bonds is 4. The molecule has 7 rings (SSSR count). The monoisotopic (exact) mass is 646 g/mol. The normalized spacial score (nSPS) is 20.0. The summed E-state index contributed by atoms with van der Waals surface area (Å²) >= 11 is 2.13. The number of amides is 1. The zero-order valence-corrected chi connectivity index (χ0v) is 25.4. The Hall–Kier alpha value is -3.20. The van der Waals surface area contributed by atoms with Gasteiger partial charge in [-0.25, -0.2) is 4.98 Å². The van der Waals surface area contributed by atoms with Gasteiger partial charge in [0.2, 0.25) is 19.6 Å². The molecular weight excluding hydrogens is 619 g/mol. The van der Waals surface area contributed by atoms with E-state index in [1.165, 1.54) is 14.0 Å². The first kappa shape index (κ1) is 27.6. The van der Waals surface area contributed by atoms with Crippen LogP contribution < -0.4 is 10.2 Å². The van der Waals surface area contributed by atoms with E-state index in [1.807, 2.05) is 43.4 Å². The number of carbonyl (C=O) groups excluding carboxylic acids is 1. The molecule has 1 spiro atoms. The van der Waals surface area contributed by atoms with Crippen molar-refractivity contribution in [2.45, 2.75) is 35.4 Å². The number of benzene rings is 2. The summed E-state index contributed by atoms with van der Waals surface area (Å²) in [6.45, 7) is 1.34. The average Bonchev–Trinajstić information content (AvgIpc) is 3.46. The Kier molecular flexibility index (Phi) is 6.53. The summed E-state index contributed by atoms with van der Waals surface area (Å²) in [5.41, 5.74) is 2.96. The third-order valence-corrected chi connectivity index (χ3v) is 10.8. The van der Waals surface area contributed by atoms with E-state index in [9.17, 15) is 19.6 Å². The molecular formula is C29H28BBrN6O4S. The highest BCUT2D eigenvalue weighted by Gasteiger charge is 2.56. The maximum atomic E-state index is 14.3. The van der Waals surface area contributed by atoms with Gasteiger partial charge in [0.1, 0.15) is 16.0 Å². The molecule has 2 unspecified atom stereocenters. The van der Waals surface area contributed by atoms with Crippen molar-refractivity contribution in [1.82, 2.24) is 24.1 Å². The summed E-state index contributed by atoms with van der Waals surface area (Å²) in [7, 11) is 3.07. The van der Waals surface area contributed by atoms with Crippen LogP contribution in [0.4, 0.5) is 5.69 Å². The van der Waals surface area contributed by atoms with E-state index < -0.39 is 22.6 Å². The fourth-order valence-electron chi connectivity index (χ4n) is 6.59. The molecule has 0 saturated carbocycles. The van der Waals surface area contributed by atoms with Crippen molar-refractivity contribution in [2.75, 3.05) is 18.0 Å². The number of carbonyl (C=O) groups is 1. The highest BCUT2D eigenvalue weighted by atomic mass is 79.9. The van der Waals surface area contributed by atoms with Gasteiger partial charge in [0.25, 0.3) is 0 Å². The molecule has 1 amide bonds. The van der Waals surface area contributed by atoms with E-state index in [0.29, 0.717) is 51.2 Å². The fraction of sp³-hybridized carbons (Fsp3) is 0.276. The summed E-state index contributed by atoms with van der Waals surface area (Å²) < 4.78 is 18.2. The minimum Gasteiger partial charge on any atom is -0.587 e. The van der Waals surface area contributed by atoms with Crippen molar-refractivity contribution in [3.63, 3.8) is 0 Å². The number of nitrogens with one attached hydrogen (secondary N) is 1. The predicted octanol–water partition coefficient (Wildman–Crippen LogP) is 2.51. The Bertz CT molecular complexity index is 1860. The fourth-order valence-corrected chi connectivity index (χ4v) is 8.71. The lowest BCUT2D eigenvalue weighted by Crippen LogP contribution is -2.54. The maximum absolute atomic E-state index is 14.3. The van der Waals surface area contributed by atoms with Crippen LogP contribution in [-0.2, 0) is 28.6 Å². The lowest BCUT2D eigenvalue weighted by atomic mass is 9.74. The molecule has 2 aliphatic rings. The zero-order valence-electron chi connectivity index (χ0n) is 23.0. The number of aromatic nitrogens is 4. The number of hydrogen-bond donors (Lipinski definition) is 3. The lowest BCUT2D eigenvalue weighted by molar-refractivity contribution is -0.137. The zero-order chi connectivity index (χ0) is 29.4. The molecule has 5 aromatic rings. The molecule has 2 aromatic carbocycles. The smallest absolute Gasteiger partial charge is 0.241 e. The SMILES string of the molecule is BC(O)(O)N1C(=O)C2(CCCNCC2)c2c1cnc1c2c(-c2ccc3c(cnn3C)c2)c(Br)n1[S+]([O-])c1ccccc1. The molecule has 13 heteroatoms. The van der Waals surface area contributed by atoms with Gasteiger partial charge in [0, 0.05) is 28.9 Å². The second-order valence-electron chi connectivity index (χ2n) is 11.1. The van der Waals surface area contributed by atoms with E-state index in [0.717, 1.165) is 39.9 Å². The van der Waals surface area contributed by atoms with Crippen LogP contribution in [0.25, 0.3) is 33.1 Å². The van der Waals surface area contributed by atoms with E-state index in [-0.39, 0.29) is 5.91 Å². The molecule has 3 N–H and O–H groups in total. The molecule has 10 nitrogen and oxygen atoms in total. The van der Waals surface area contributed by atoms with Gasteiger partial charge in [-0.3, -0.25) is 14.4 Å². The van der Waals surface area contributed by atoms with Crippen LogP contribution in [0.2, 0.25) is 0 Å². The molecule has 2 atom stereocenters. The van der Waals surface area contributed by atoms with Crippen LogP contribution in [0.1, 0.15) is 24.8 Å². The van der Waals surface area contributed by atoms with Crippen molar-refractivity contribution < 1.29 is 19.6 Å². The topological polar surface area (TPSA) is 132 Å². The van der Waals surface area contributed by atoms with Crippen molar-refractivity contribution >= 4 is 68.7 Å². The van der Waals surface area contributed by atoms with Crippen molar-refractivity contribution in [1.29, 1.82) is 0 Å². The number of pyridine rings is 1. The highest BCUT2D eigenvalue weighted by molar-refractivity contribution is 9.10. The number of hydrogen-bond acceptors (Lipinski definition) is 7. The minimum atomic E-state index is -2.44. The van der Waals surface area contributed by atoms with Gasteiger partial charge >= 0.3 is 0 Å². The molecule has 5 heterocycles. The number of anilines is 1. The van der Waals surface area contributed by atoms with Crippen LogP contribution in [0.5, 0.6) is 0 Å². The lowest BCUT2D eigenvalue weighted by Gasteiger charge is -2.32. The van der Waals surface area contributed by atoms with Crippen LogP contribution in [-0.4, -0.2) is 66.2 Å². The molecule has 3 aromatic heterocycles. The Labute approximate surface area is 254 Å². The maximum Gasteiger partial charge on any atom is 0.241 e. The molecule has 214 valence electrons. The summed E-state index contributed by atoms with van der Waals surface area (Å²) in [6, 6.07) is 15.1. The second-order valence-corrected chi connectivity index (χ2v) is 13.2. The second kappa shape index (κ2) is 9.93. The van der Waals surface area contributed by atoms with Gasteiger partial charge in [0.15, 0.2) is 10.5 Å². The van der Waals surface area contributed by atoms with Crippen LogP contribution >= 0.6 is 15.9 Å². The van der Waals surface area contributed by atoms with E-state index in [1.54, 1.807) is 27.0 Å². The molecule has 2 aliphatic heterocycles. The Balaban J connectivity index is 1.61. The molecule has 1 saturated heterocycles. The summed E-state index contributed by atoms with van der Waals surface area (Å²) in [5.74, 6) is -2.81. The number of halogens is 1. The third kappa shape index (κ3) is 3.99. The average molecular weight is 647 g/mol. The first-order valence-electron chi connectivity index (χ1n) is 13.8. The third-order valence-electron chi connectivity index (χ3n) is 8.45. The van der Waals surface area contributed by atoms with Gasteiger partial charge in [-0.05, 0) is 78.1 Å². The number of aliphatic hydroxyl groups is 2. The number of nitrogens with zero attached hydrogens (tertiary/aromatic N) is 5. The Morgan fingerprint density at radius 1 is 1.14 bits per heavy atom.